The topological polar surface area (TPSA) is 69.7 Å². The van der Waals surface area contributed by atoms with Crippen LogP contribution in [0.5, 0.6) is 5.75 Å². The quantitative estimate of drug-likeness (QED) is 0.619. The van der Waals surface area contributed by atoms with E-state index in [1.807, 2.05) is 6.92 Å². The largest absolute Gasteiger partial charge is 0.459 e. The highest BCUT2D eigenvalue weighted by molar-refractivity contribution is 7.87. The summed E-state index contributed by atoms with van der Waals surface area (Å²) in [6, 6.07) is 12.1. The minimum Gasteiger partial charge on any atom is -0.459 e. The van der Waals surface area contributed by atoms with Crippen LogP contribution in [0.2, 0.25) is 0 Å². The van der Waals surface area contributed by atoms with Crippen molar-refractivity contribution >= 4 is 16.1 Å². The molecule has 2 aromatic rings. The van der Waals surface area contributed by atoms with E-state index in [2.05, 4.69) is 0 Å². The molecule has 0 N–H and O–H groups in total. The third kappa shape index (κ3) is 4.56. The van der Waals surface area contributed by atoms with Crippen LogP contribution < -0.4 is 4.18 Å². The Labute approximate surface area is 136 Å². The summed E-state index contributed by atoms with van der Waals surface area (Å²) in [5.41, 5.74) is 1.29. The van der Waals surface area contributed by atoms with Gasteiger partial charge in [0.05, 0.1) is 11.7 Å². The van der Waals surface area contributed by atoms with Gasteiger partial charge in [0.2, 0.25) is 0 Å². The van der Waals surface area contributed by atoms with Gasteiger partial charge in [-0.1, -0.05) is 17.7 Å². The molecule has 23 heavy (non-hydrogen) atoms. The van der Waals surface area contributed by atoms with Crippen LogP contribution in [0.1, 0.15) is 29.8 Å². The summed E-state index contributed by atoms with van der Waals surface area (Å²) in [5.74, 6) is -0.334. The number of hydrogen-bond donors (Lipinski definition) is 0. The SMILES string of the molecule is Cc1ccc(S(=O)(=O)Oc2ccc(C(=O)OC(C)C)cc2)cc1. The van der Waals surface area contributed by atoms with Crippen LogP contribution in [0.25, 0.3) is 0 Å². The third-order valence-corrected chi connectivity index (χ3v) is 4.21. The van der Waals surface area contributed by atoms with E-state index in [4.69, 9.17) is 8.92 Å². The molecule has 0 amide bonds. The van der Waals surface area contributed by atoms with Crippen molar-refractivity contribution < 1.29 is 22.1 Å². The predicted octanol–water partition coefficient (Wildman–Crippen LogP) is 3.33. The van der Waals surface area contributed by atoms with Crippen molar-refractivity contribution in [3.05, 3.63) is 59.7 Å². The van der Waals surface area contributed by atoms with Crippen LogP contribution in [0.15, 0.2) is 53.4 Å². The number of benzene rings is 2. The van der Waals surface area contributed by atoms with Gasteiger partial charge in [-0.05, 0) is 57.2 Å². The first-order valence-electron chi connectivity index (χ1n) is 7.10. The van der Waals surface area contributed by atoms with Gasteiger partial charge in [0.1, 0.15) is 10.6 Å². The lowest BCUT2D eigenvalue weighted by molar-refractivity contribution is 0.0378. The van der Waals surface area contributed by atoms with Gasteiger partial charge in [0.25, 0.3) is 0 Å². The molecule has 5 nitrogen and oxygen atoms in total. The Hall–Kier alpha value is -2.34. The number of esters is 1. The lowest BCUT2D eigenvalue weighted by Gasteiger charge is -2.09. The Morgan fingerprint density at radius 3 is 2.04 bits per heavy atom. The lowest BCUT2D eigenvalue weighted by Crippen LogP contribution is -2.12. The molecule has 2 aromatic carbocycles. The number of carbonyl (C=O) groups excluding carboxylic acids is 1. The normalized spacial score (nSPS) is 11.3. The maximum atomic E-state index is 12.2. The number of hydrogen-bond acceptors (Lipinski definition) is 5. The van der Waals surface area contributed by atoms with Crippen molar-refractivity contribution in [1.82, 2.24) is 0 Å². The van der Waals surface area contributed by atoms with Crippen LogP contribution in [-0.2, 0) is 14.9 Å². The second kappa shape index (κ2) is 6.83. The molecule has 0 bridgehead atoms. The van der Waals surface area contributed by atoms with Crippen molar-refractivity contribution in [3.8, 4) is 5.75 Å². The van der Waals surface area contributed by atoms with Crippen LogP contribution >= 0.6 is 0 Å². The molecule has 0 aliphatic heterocycles. The fraction of sp³-hybridized carbons (Fsp3) is 0.235. The number of ether oxygens (including phenoxy) is 1. The summed E-state index contributed by atoms with van der Waals surface area (Å²) in [7, 11) is -3.90. The van der Waals surface area contributed by atoms with Gasteiger partial charge in [0, 0.05) is 0 Å². The lowest BCUT2D eigenvalue weighted by atomic mass is 10.2. The van der Waals surface area contributed by atoms with E-state index in [1.54, 1.807) is 26.0 Å². The molecule has 0 aromatic heterocycles. The summed E-state index contributed by atoms with van der Waals surface area (Å²) in [6.45, 7) is 5.37. The van der Waals surface area contributed by atoms with E-state index in [9.17, 15) is 13.2 Å². The zero-order chi connectivity index (χ0) is 17.0. The van der Waals surface area contributed by atoms with E-state index >= 15 is 0 Å². The molecule has 0 spiro atoms. The van der Waals surface area contributed by atoms with Crippen LogP contribution in [0.4, 0.5) is 0 Å². The number of rotatable bonds is 5. The molecular weight excluding hydrogens is 316 g/mol. The van der Waals surface area contributed by atoms with E-state index in [0.717, 1.165) is 5.56 Å². The molecule has 0 heterocycles. The molecule has 0 radical (unpaired) electrons. The van der Waals surface area contributed by atoms with Crippen molar-refractivity contribution in [3.63, 3.8) is 0 Å². The zero-order valence-corrected chi connectivity index (χ0v) is 14.0. The first-order chi connectivity index (χ1) is 10.8. The maximum absolute atomic E-state index is 12.2. The van der Waals surface area contributed by atoms with Gasteiger partial charge >= 0.3 is 16.1 Å². The Morgan fingerprint density at radius 2 is 1.52 bits per heavy atom. The Kier molecular flexibility index (Phi) is 5.05. The second-order valence-corrected chi connectivity index (χ2v) is 6.88. The maximum Gasteiger partial charge on any atom is 0.339 e. The molecule has 122 valence electrons. The number of aryl methyl sites for hydroxylation is 1. The van der Waals surface area contributed by atoms with Crippen LogP contribution in [0, 0.1) is 6.92 Å². The summed E-state index contributed by atoms with van der Waals surface area (Å²) >= 11 is 0. The standard InChI is InChI=1S/C17H18O5S/c1-12(2)21-17(18)14-6-8-15(9-7-14)22-23(19,20)16-10-4-13(3)5-11-16/h4-12H,1-3H3. The van der Waals surface area contributed by atoms with Gasteiger partial charge in [0.15, 0.2) is 0 Å². The third-order valence-electron chi connectivity index (χ3n) is 2.95. The monoisotopic (exact) mass is 334 g/mol. The highest BCUT2D eigenvalue weighted by atomic mass is 32.2. The van der Waals surface area contributed by atoms with Crippen molar-refractivity contribution in [2.45, 2.75) is 31.8 Å². The highest BCUT2D eigenvalue weighted by Gasteiger charge is 2.17. The fourth-order valence-corrected chi connectivity index (χ4v) is 2.74. The van der Waals surface area contributed by atoms with Crippen molar-refractivity contribution in [2.75, 3.05) is 0 Å². The van der Waals surface area contributed by atoms with Gasteiger partial charge in [-0.2, -0.15) is 8.42 Å². The van der Waals surface area contributed by atoms with Crippen molar-refractivity contribution in [2.24, 2.45) is 0 Å². The van der Waals surface area contributed by atoms with E-state index in [0.29, 0.717) is 5.56 Å². The summed E-state index contributed by atoms with van der Waals surface area (Å²) in [6.07, 6.45) is -0.222. The first-order valence-corrected chi connectivity index (χ1v) is 8.51. The Balaban J connectivity index is 2.14. The van der Waals surface area contributed by atoms with Gasteiger partial charge in [-0.3, -0.25) is 0 Å². The average molecular weight is 334 g/mol. The molecule has 0 saturated carbocycles. The number of carbonyl (C=O) groups is 1. The molecule has 0 aliphatic carbocycles. The van der Waals surface area contributed by atoms with Gasteiger partial charge < -0.3 is 8.92 Å². The molecule has 6 heteroatoms. The predicted molar refractivity (Wildman–Crippen MR) is 86.0 cm³/mol. The molecular formula is C17H18O5S. The second-order valence-electron chi connectivity index (χ2n) is 5.33. The van der Waals surface area contributed by atoms with Gasteiger partial charge in [-0.15, -0.1) is 0 Å². The highest BCUT2D eigenvalue weighted by Crippen LogP contribution is 2.20. The molecule has 0 aliphatic rings. The van der Waals surface area contributed by atoms with E-state index in [1.165, 1.54) is 36.4 Å². The van der Waals surface area contributed by atoms with E-state index < -0.39 is 16.1 Å². The fourth-order valence-electron chi connectivity index (χ4n) is 1.81. The van der Waals surface area contributed by atoms with Crippen molar-refractivity contribution in [1.29, 1.82) is 0 Å². The van der Waals surface area contributed by atoms with E-state index in [-0.39, 0.29) is 16.7 Å². The van der Waals surface area contributed by atoms with Crippen LogP contribution in [-0.4, -0.2) is 20.5 Å². The molecule has 0 fully saturated rings. The molecule has 0 saturated heterocycles. The average Bonchev–Trinajstić information content (AvgIpc) is 2.47. The Bertz CT molecular complexity index is 775. The summed E-state index contributed by atoms with van der Waals surface area (Å²) in [4.78, 5) is 11.8. The minimum absolute atomic E-state index is 0.0754. The van der Waals surface area contributed by atoms with Crippen LogP contribution in [0.3, 0.4) is 0 Å². The first kappa shape index (κ1) is 17.0. The zero-order valence-electron chi connectivity index (χ0n) is 13.1. The minimum atomic E-state index is -3.90. The Morgan fingerprint density at radius 1 is 0.957 bits per heavy atom. The molecule has 0 atom stereocenters. The summed E-state index contributed by atoms with van der Waals surface area (Å²) < 4.78 is 34.4. The smallest absolute Gasteiger partial charge is 0.339 e. The summed E-state index contributed by atoms with van der Waals surface area (Å²) in [5, 5.41) is 0. The van der Waals surface area contributed by atoms with Gasteiger partial charge in [-0.25, -0.2) is 4.79 Å². The molecule has 0 unspecified atom stereocenters. The molecule has 2 rings (SSSR count).